The van der Waals surface area contributed by atoms with Gasteiger partial charge in [-0.15, -0.1) is 0 Å². The molecule has 0 radical (unpaired) electrons. The zero-order valence-electron chi connectivity index (χ0n) is 18.0. The first-order valence-electron chi connectivity index (χ1n) is 9.59. The van der Waals surface area contributed by atoms with Crippen LogP contribution < -0.4 is 20.1 Å². The lowest BCUT2D eigenvalue weighted by atomic mass is 9.98. The first-order valence-corrected chi connectivity index (χ1v) is 9.59. The maximum absolute atomic E-state index is 12.6. The molecule has 0 aliphatic rings. The molecule has 1 rings (SSSR count). The van der Waals surface area contributed by atoms with Crippen LogP contribution >= 0.6 is 0 Å². The lowest BCUT2D eigenvalue weighted by molar-refractivity contribution is -0.124. The molecule has 0 fully saturated rings. The molecule has 1 aromatic carbocycles. The molecule has 2 unspecified atom stereocenters. The van der Waals surface area contributed by atoms with Crippen molar-refractivity contribution in [3.63, 3.8) is 0 Å². The number of hydrogen-bond acceptors (Lipinski definition) is 5. The van der Waals surface area contributed by atoms with Crippen LogP contribution in [0.15, 0.2) is 18.2 Å². The first kappa shape index (κ1) is 23.6. The maximum Gasteiger partial charge on any atom is 0.408 e. The normalized spacial score (nSPS) is 13.2. The fraction of sp³-hybridized carbons (Fsp3) is 0.619. The van der Waals surface area contributed by atoms with Crippen LogP contribution in [0.25, 0.3) is 0 Å². The molecule has 0 heterocycles. The molecule has 0 spiro atoms. The van der Waals surface area contributed by atoms with Crippen LogP contribution in [0.4, 0.5) is 4.79 Å². The highest BCUT2D eigenvalue weighted by Gasteiger charge is 2.28. The van der Waals surface area contributed by atoms with Gasteiger partial charge in [0, 0.05) is 6.54 Å². The van der Waals surface area contributed by atoms with Crippen molar-refractivity contribution < 1.29 is 23.8 Å². The van der Waals surface area contributed by atoms with Gasteiger partial charge >= 0.3 is 6.09 Å². The summed E-state index contributed by atoms with van der Waals surface area (Å²) in [5.74, 6) is 1.07. The summed E-state index contributed by atoms with van der Waals surface area (Å²) >= 11 is 0. The highest BCUT2D eigenvalue weighted by atomic mass is 16.6. The molecule has 0 aliphatic carbocycles. The van der Waals surface area contributed by atoms with Gasteiger partial charge in [0.15, 0.2) is 11.5 Å². The van der Waals surface area contributed by atoms with E-state index in [2.05, 4.69) is 10.6 Å². The van der Waals surface area contributed by atoms with Crippen LogP contribution in [0.1, 0.15) is 46.6 Å². The minimum absolute atomic E-state index is 0.0198. The van der Waals surface area contributed by atoms with Crippen LogP contribution in [0.2, 0.25) is 0 Å². The van der Waals surface area contributed by atoms with Gasteiger partial charge in [-0.1, -0.05) is 26.3 Å². The zero-order chi connectivity index (χ0) is 21.3. The number of carbonyl (C=O) groups is 2. The van der Waals surface area contributed by atoms with Crippen molar-refractivity contribution in [1.29, 1.82) is 0 Å². The molecule has 2 amide bonds. The number of methoxy groups -OCH3 is 2. The van der Waals surface area contributed by atoms with E-state index in [0.29, 0.717) is 24.5 Å². The van der Waals surface area contributed by atoms with Crippen molar-refractivity contribution in [3.8, 4) is 11.5 Å². The second-order valence-corrected chi connectivity index (χ2v) is 7.74. The van der Waals surface area contributed by atoms with E-state index in [0.717, 1.165) is 12.0 Å². The highest BCUT2D eigenvalue weighted by Crippen LogP contribution is 2.27. The average Bonchev–Trinajstić information content (AvgIpc) is 2.63. The molecular weight excluding hydrogens is 360 g/mol. The van der Waals surface area contributed by atoms with Gasteiger partial charge < -0.3 is 24.8 Å². The third kappa shape index (κ3) is 7.66. The van der Waals surface area contributed by atoms with Gasteiger partial charge in [0.25, 0.3) is 0 Å². The maximum atomic E-state index is 12.6. The van der Waals surface area contributed by atoms with Gasteiger partial charge in [0.05, 0.1) is 14.2 Å². The standard InChI is InChI=1S/C21H34N2O5/c1-8-14(2)18(23-20(25)28-21(3,4)5)19(24)22-12-11-15-9-10-16(26-6)17(13-15)27-7/h9-10,13-14,18H,8,11-12H2,1-7H3,(H,22,24)(H,23,25). The van der Waals surface area contributed by atoms with E-state index < -0.39 is 17.7 Å². The van der Waals surface area contributed by atoms with Gasteiger partial charge in [-0.2, -0.15) is 0 Å². The fourth-order valence-corrected chi connectivity index (χ4v) is 2.61. The highest BCUT2D eigenvalue weighted by molar-refractivity contribution is 5.86. The number of ether oxygens (including phenoxy) is 3. The molecule has 0 saturated heterocycles. The molecule has 0 aliphatic heterocycles. The van der Waals surface area contributed by atoms with E-state index >= 15 is 0 Å². The molecule has 158 valence electrons. The quantitative estimate of drug-likeness (QED) is 0.671. The monoisotopic (exact) mass is 394 g/mol. The molecular formula is C21H34N2O5. The Morgan fingerprint density at radius 3 is 2.29 bits per heavy atom. The van der Waals surface area contributed by atoms with Crippen LogP contribution in [-0.4, -0.2) is 44.4 Å². The third-order valence-corrected chi connectivity index (χ3v) is 4.33. The second kappa shape index (κ2) is 10.8. The SMILES string of the molecule is CCC(C)C(NC(=O)OC(C)(C)C)C(=O)NCCc1ccc(OC)c(OC)c1. The van der Waals surface area contributed by atoms with Gasteiger partial charge in [-0.05, 0) is 50.8 Å². The number of amides is 2. The number of rotatable bonds is 9. The molecule has 2 atom stereocenters. The second-order valence-electron chi connectivity index (χ2n) is 7.74. The van der Waals surface area contributed by atoms with Crippen molar-refractivity contribution in [2.75, 3.05) is 20.8 Å². The third-order valence-electron chi connectivity index (χ3n) is 4.33. The smallest absolute Gasteiger partial charge is 0.408 e. The molecule has 2 N–H and O–H groups in total. The minimum Gasteiger partial charge on any atom is -0.493 e. The summed E-state index contributed by atoms with van der Waals surface area (Å²) in [5.41, 5.74) is 0.395. The number of carbonyl (C=O) groups excluding carboxylic acids is 2. The Labute approximate surface area is 168 Å². The molecule has 0 saturated carbocycles. The zero-order valence-corrected chi connectivity index (χ0v) is 18.0. The molecule has 0 aromatic heterocycles. The van der Waals surface area contributed by atoms with Crippen molar-refractivity contribution in [3.05, 3.63) is 23.8 Å². The number of hydrogen-bond donors (Lipinski definition) is 2. The van der Waals surface area contributed by atoms with E-state index in [-0.39, 0.29) is 11.8 Å². The molecule has 1 aromatic rings. The molecule has 7 heteroatoms. The van der Waals surface area contributed by atoms with Gasteiger partial charge in [0.1, 0.15) is 11.6 Å². The van der Waals surface area contributed by atoms with E-state index in [1.165, 1.54) is 0 Å². The largest absolute Gasteiger partial charge is 0.493 e. The number of benzene rings is 1. The Hall–Kier alpha value is -2.44. The summed E-state index contributed by atoms with van der Waals surface area (Å²) in [6, 6.07) is 5.00. The van der Waals surface area contributed by atoms with Gasteiger partial charge in [-0.25, -0.2) is 4.79 Å². The molecule has 7 nitrogen and oxygen atoms in total. The summed E-state index contributed by atoms with van der Waals surface area (Å²) in [7, 11) is 3.17. The summed E-state index contributed by atoms with van der Waals surface area (Å²) in [6.45, 7) is 9.70. The van der Waals surface area contributed by atoms with Gasteiger partial charge in [-0.3, -0.25) is 4.79 Å². The predicted octanol–water partition coefficient (Wildman–Crippen LogP) is 3.30. The topological polar surface area (TPSA) is 85.9 Å². The van der Waals surface area contributed by atoms with Crippen molar-refractivity contribution in [2.45, 2.75) is 59.1 Å². The Morgan fingerprint density at radius 2 is 1.75 bits per heavy atom. The van der Waals surface area contributed by atoms with Gasteiger partial charge in [0.2, 0.25) is 5.91 Å². The van der Waals surface area contributed by atoms with Crippen LogP contribution in [0, 0.1) is 5.92 Å². The van der Waals surface area contributed by atoms with E-state index in [4.69, 9.17) is 14.2 Å². The summed E-state index contributed by atoms with van der Waals surface area (Å²) in [6.07, 6.45) is 0.794. The molecule has 0 bridgehead atoms. The number of alkyl carbamates (subject to hydrolysis) is 1. The average molecular weight is 395 g/mol. The van der Waals surface area contributed by atoms with E-state index in [9.17, 15) is 9.59 Å². The van der Waals surface area contributed by atoms with Crippen LogP contribution in [0.5, 0.6) is 11.5 Å². The van der Waals surface area contributed by atoms with Crippen molar-refractivity contribution in [1.82, 2.24) is 10.6 Å². The van der Waals surface area contributed by atoms with E-state index in [1.807, 2.05) is 32.0 Å². The summed E-state index contributed by atoms with van der Waals surface area (Å²) in [5, 5.41) is 5.60. The Morgan fingerprint density at radius 1 is 1.11 bits per heavy atom. The Balaban J connectivity index is 2.67. The predicted molar refractivity (Wildman–Crippen MR) is 109 cm³/mol. The number of nitrogens with one attached hydrogen (secondary N) is 2. The van der Waals surface area contributed by atoms with Crippen molar-refractivity contribution >= 4 is 12.0 Å². The fourth-order valence-electron chi connectivity index (χ4n) is 2.61. The Bertz CT molecular complexity index is 655. The first-order chi connectivity index (χ1) is 13.1. The lowest BCUT2D eigenvalue weighted by Gasteiger charge is -2.26. The van der Waals surface area contributed by atoms with E-state index in [1.54, 1.807) is 35.0 Å². The van der Waals surface area contributed by atoms with Crippen molar-refractivity contribution in [2.24, 2.45) is 5.92 Å². The molecule has 28 heavy (non-hydrogen) atoms. The van der Waals surface area contributed by atoms with Crippen LogP contribution in [-0.2, 0) is 16.0 Å². The lowest BCUT2D eigenvalue weighted by Crippen LogP contribution is -2.51. The Kier molecular flexibility index (Phi) is 9.09. The summed E-state index contributed by atoms with van der Waals surface area (Å²) < 4.78 is 15.8. The minimum atomic E-state index is -0.648. The summed E-state index contributed by atoms with van der Waals surface area (Å²) in [4.78, 5) is 24.7. The van der Waals surface area contributed by atoms with Crippen LogP contribution in [0.3, 0.4) is 0 Å².